The average Bonchev–Trinajstić information content (AvgIpc) is 3.39. The molecule has 31 heavy (non-hydrogen) atoms. The number of benzene rings is 2. The zero-order valence-corrected chi connectivity index (χ0v) is 18.6. The molecule has 158 valence electrons. The minimum absolute atomic E-state index is 0.226. The van der Waals surface area contributed by atoms with Crippen LogP contribution in [-0.2, 0) is 13.2 Å². The Morgan fingerprint density at radius 1 is 1.10 bits per heavy atom. The molecule has 0 aliphatic heterocycles. The third kappa shape index (κ3) is 5.19. The fourth-order valence-corrected chi connectivity index (χ4v) is 3.99. The molecule has 0 atom stereocenters. The second-order valence-electron chi connectivity index (χ2n) is 7.51. The zero-order valence-electron chi connectivity index (χ0n) is 17.8. The molecule has 4 aromatic rings. The molecule has 0 radical (unpaired) electrons. The van der Waals surface area contributed by atoms with Crippen LogP contribution in [0.4, 0.5) is 5.95 Å². The molecule has 6 nitrogen and oxygen atoms in total. The Morgan fingerprint density at radius 3 is 2.77 bits per heavy atom. The number of nitrogens with one attached hydrogen (secondary N) is 1. The molecule has 0 aliphatic carbocycles. The number of amides is 1. The molecule has 0 saturated heterocycles. The Hall–Kier alpha value is -3.45. The van der Waals surface area contributed by atoms with E-state index >= 15 is 0 Å². The first-order chi connectivity index (χ1) is 15.0. The molecule has 0 saturated carbocycles. The summed E-state index contributed by atoms with van der Waals surface area (Å²) in [6.45, 7) is 7.17. The maximum atomic E-state index is 12.6. The van der Waals surface area contributed by atoms with Crippen molar-refractivity contribution in [2.24, 2.45) is 0 Å². The lowest BCUT2D eigenvalue weighted by molar-refractivity contribution is 0.102. The maximum Gasteiger partial charge on any atom is 0.268 e. The summed E-state index contributed by atoms with van der Waals surface area (Å²) in [4.78, 5) is 17.4. The van der Waals surface area contributed by atoms with Gasteiger partial charge in [-0.3, -0.25) is 10.1 Å². The summed E-state index contributed by atoms with van der Waals surface area (Å²) in [5, 5.41) is 9.06. The van der Waals surface area contributed by atoms with Crippen molar-refractivity contribution in [1.29, 1.82) is 0 Å². The molecule has 2 heterocycles. The number of carbonyl (C=O) groups excluding carboxylic acids is 1. The lowest BCUT2D eigenvalue weighted by Crippen LogP contribution is -2.12. The van der Waals surface area contributed by atoms with Crippen LogP contribution in [0, 0.1) is 20.8 Å². The van der Waals surface area contributed by atoms with Gasteiger partial charge >= 0.3 is 0 Å². The SMILES string of the molecule is Cc1cccc(Cn2cnc(NC(=O)c3cc(COc4cccc(C)c4C)cs3)n2)c1. The molecule has 2 aromatic carbocycles. The fraction of sp³-hybridized carbons (Fsp3) is 0.208. The van der Waals surface area contributed by atoms with Crippen LogP contribution in [0.15, 0.2) is 60.2 Å². The predicted octanol–water partition coefficient (Wildman–Crippen LogP) is 5.14. The standard InChI is InChI=1S/C24H24N4O2S/c1-16-6-4-8-19(10-16)12-28-15-25-24(27-28)26-23(29)22-11-20(14-31-22)13-30-21-9-5-7-17(2)18(21)3/h4-11,14-15H,12-13H2,1-3H3,(H,26,27,29). The van der Waals surface area contributed by atoms with E-state index in [0.29, 0.717) is 24.0 Å². The van der Waals surface area contributed by atoms with Gasteiger partial charge < -0.3 is 4.74 Å². The van der Waals surface area contributed by atoms with Gasteiger partial charge in [0.1, 0.15) is 18.7 Å². The lowest BCUT2D eigenvalue weighted by atomic mass is 10.1. The summed E-state index contributed by atoms with van der Waals surface area (Å²) in [7, 11) is 0. The molecule has 1 amide bonds. The number of aryl methyl sites for hydroxylation is 2. The maximum absolute atomic E-state index is 12.6. The monoisotopic (exact) mass is 432 g/mol. The van der Waals surface area contributed by atoms with Crippen LogP contribution in [0.2, 0.25) is 0 Å². The van der Waals surface area contributed by atoms with Crippen LogP contribution >= 0.6 is 11.3 Å². The van der Waals surface area contributed by atoms with Crippen LogP contribution in [-0.4, -0.2) is 20.7 Å². The van der Waals surface area contributed by atoms with Gasteiger partial charge in [-0.05, 0) is 55.0 Å². The van der Waals surface area contributed by atoms with Crippen LogP contribution in [0.5, 0.6) is 5.75 Å². The van der Waals surface area contributed by atoms with Crippen LogP contribution < -0.4 is 10.1 Å². The average molecular weight is 433 g/mol. The van der Waals surface area contributed by atoms with Gasteiger partial charge in [0.05, 0.1) is 11.4 Å². The van der Waals surface area contributed by atoms with Gasteiger partial charge in [0, 0.05) is 5.56 Å². The van der Waals surface area contributed by atoms with Crippen molar-refractivity contribution in [2.45, 2.75) is 33.9 Å². The zero-order chi connectivity index (χ0) is 21.8. The number of anilines is 1. The first kappa shape index (κ1) is 20.8. The van der Waals surface area contributed by atoms with Crippen molar-refractivity contribution < 1.29 is 9.53 Å². The Morgan fingerprint density at radius 2 is 1.94 bits per heavy atom. The molecular weight excluding hydrogens is 408 g/mol. The first-order valence-corrected chi connectivity index (χ1v) is 10.9. The highest BCUT2D eigenvalue weighted by Gasteiger charge is 2.13. The van der Waals surface area contributed by atoms with E-state index < -0.39 is 0 Å². The summed E-state index contributed by atoms with van der Waals surface area (Å²) in [6, 6.07) is 16.1. The Labute approximate surface area is 185 Å². The number of aromatic nitrogens is 3. The summed E-state index contributed by atoms with van der Waals surface area (Å²) >= 11 is 1.38. The van der Waals surface area contributed by atoms with Crippen LogP contribution in [0.25, 0.3) is 0 Å². The number of ether oxygens (including phenoxy) is 1. The third-order valence-corrected chi connectivity index (χ3v) is 5.99. The molecule has 0 fully saturated rings. The highest BCUT2D eigenvalue weighted by atomic mass is 32.1. The van der Waals surface area contributed by atoms with Gasteiger partial charge in [-0.1, -0.05) is 42.0 Å². The molecule has 0 bridgehead atoms. The number of rotatable bonds is 7. The summed E-state index contributed by atoms with van der Waals surface area (Å²) in [5.74, 6) is 0.927. The minimum Gasteiger partial charge on any atom is -0.489 e. The summed E-state index contributed by atoms with van der Waals surface area (Å²) in [6.07, 6.45) is 1.62. The predicted molar refractivity (Wildman–Crippen MR) is 123 cm³/mol. The van der Waals surface area contributed by atoms with Crippen molar-refractivity contribution >= 4 is 23.2 Å². The van der Waals surface area contributed by atoms with Gasteiger partial charge in [0.25, 0.3) is 5.91 Å². The van der Waals surface area contributed by atoms with E-state index in [1.807, 2.05) is 42.6 Å². The Balaban J connectivity index is 1.35. The van der Waals surface area contributed by atoms with E-state index in [1.54, 1.807) is 11.0 Å². The van der Waals surface area contributed by atoms with Gasteiger partial charge in [0.2, 0.25) is 5.95 Å². The molecule has 0 unspecified atom stereocenters. The Kier molecular flexibility index (Phi) is 6.13. The largest absolute Gasteiger partial charge is 0.489 e. The molecule has 0 spiro atoms. The van der Waals surface area contributed by atoms with Gasteiger partial charge in [-0.15, -0.1) is 16.4 Å². The van der Waals surface area contributed by atoms with Crippen molar-refractivity contribution in [2.75, 3.05) is 5.32 Å². The topological polar surface area (TPSA) is 69.0 Å². The lowest BCUT2D eigenvalue weighted by Gasteiger charge is -2.09. The highest BCUT2D eigenvalue weighted by molar-refractivity contribution is 7.12. The van der Waals surface area contributed by atoms with E-state index in [-0.39, 0.29) is 5.91 Å². The second-order valence-corrected chi connectivity index (χ2v) is 8.43. The van der Waals surface area contributed by atoms with Crippen LogP contribution in [0.1, 0.15) is 37.5 Å². The van der Waals surface area contributed by atoms with E-state index in [4.69, 9.17) is 4.74 Å². The smallest absolute Gasteiger partial charge is 0.268 e. The van der Waals surface area contributed by atoms with E-state index in [9.17, 15) is 4.79 Å². The minimum atomic E-state index is -0.226. The molecule has 4 rings (SSSR count). The number of carbonyl (C=O) groups is 1. The molecular formula is C24H24N4O2S. The van der Waals surface area contributed by atoms with E-state index in [1.165, 1.54) is 22.5 Å². The summed E-state index contributed by atoms with van der Waals surface area (Å²) in [5.41, 5.74) is 5.60. The van der Waals surface area contributed by atoms with Gasteiger partial charge in [-0.25, -0.2) is 9.67 Å². The molecule has 0 aliphatic rings. The van der Waals surface area contributed by atoms with Crippen molar-refractivity contribution in [1.82, 2.24) is 14.8 Å². The third-order valence-electron chi connectivity index (χ3n) is 5.02. The van der Waals surface area contributed by atoms with E-state index in [0.717, 1.165) is 22.4 Å². The first-order valence-electron chi connectivity index (χ1n) is 10.0. The number of hydrogen-bond donors (Lipinski definition) is 1. The number of hydrogen-bond acceptors (Lipinski definition) is 5. The van der Waals surface area contributed by atoms with Gasteiger partial charge in [-0.2, -0.15) is 0 Å². The number of thiophene rings is 1. The molecule has 7 heteroatoms. The molecule has 1 N–H and O–H groups in total. The number of nitrogens with zero attached hydrogens (tertiary/aromatic N) is 3. The summed E-state index contributed by atoms with van der Waals surface area (Å²) < 4.78 is 7.64. The second kappa shape index (κ2) is 9.14. The quantitative estimate of drug-likeness (QED) is 0.439. The van der Waals surface area contributed by atoms with Crippen LogP contribution in [0.3, 0.4) is 0 Å². The van der Waals surface area contributed by atoms with Crippen molar-refractivity contribution in [3.63, 3.8) is 0 Å². The normalized spacial score (nSPS) is 10.8. The Bertz CT molecular complexity index is 1210. The van der Waals surface area contributed by atoms with Crippen molar-refractivity contribution in [3.8, 4) is 5.75 Å². The van der Waals surface area contributed by atoms with Crippen molar-refractivity contribution in [3.05, 3.63) is 92.9 Å². The van der Waals surface area contributed by atoms with E-state index in [2.05, 4.69) is 47.4 Å². The molecule has 2 aromatic heterocycles. The highest BCUT2D eigenvalue weighted by Crippen LogP contribution is 2.23. The van der Waals surface area contributed by atoms with Gasteiger partial charge in [0.15, 0.2) is 0 Å². The fourth-order valence-electron chi connectivity index (χ4n) is 3.20.